The number of benzene rings is 1. The SMILES string of the molecule is S=C(Nc1ccc2c(c1)OCCO2)NC1(c2ccco2)CCCC1. The summed E-state index contributed by atoms with van der Waals surface area (Å²) in [6.07, 6.45) is 6.09. The molecule has 2 aromatic rings. The summed E-state index contributed by atoms with van der Waals surface area (Å²) in [6.45, 7) is 1.16. The molecule has 1 aliphatic heterocycles. The molecule has 4 rings (SSSR count). The van der Waals surface area contributed by atoms with Crippen molar-refractivity contribution in [2.75, 3.05) is 18.5 Å². The Morgan fingerprint density at radius 2 is 1.83 bits per heavy atom. The first-order valence-corrected chi connectivity index (χ1v) is 8.69. The van der Waals surface area contributed by atoms with Crippen LogP contribution in [0.15, 0.2) is 41.0 Å². The van der Waals surface area contributed by atoms with Crippen molar-refractivity contribution in [3.05, 3.63) is 42.4 Å². The molecule has 0 amide bonds. The van der Waals surface area contributed by atoms with Gasteiger partial charge in [0, 0.05) is 11.8 Å². The van der Waals surface area contributed by atoms with Crippen LogP contribution in [0.2, 0.25) is 0 Å². The van der Waals surface area contributed by atoms with E-state index in [1.807, 2.05) is 30.3 Å². The Bertz CT molecular complexity index is 724. The van der Waals surface area contributed by atoms with Crippen LogP contribution in [0.3, 0.4) is 0 Å². The number of anilines is 1. The van der Waals surface area contributed by atoms with Gasteiger partial charge < -0.3 is 24.5 Å². The second-order valence-electron chi connectivity index (χ2n) is 6.20. The highest BCUT2D eigenvalue weighted by Gasteiger charge is 2.38. The van der Waals surface area contributed by atoms with Crippen LogP contribution in [-0.2, 0) is 5.54 Å². The Labute approximate surface area is 146 Å². The molecule has 2 heterocycles. The molecule has 5 nitrogen and oxygen atoms in total. The number of hydrogen-bond donors (Lipinski definition) is 2. The van der Waals surface area contributed by atoms with Gasteiger partial charge in [-0.25, -0.2) is 0 Å². The van der Waals surface area contributed by atoms with Crippen LogP contribution in [-0.4, -0.2) is 18.3 Å². The highest BCUT2D eigenvalue weighted by Crippen LogP contribution is 2.39. The van der Waals surface area contributed by atoms with Crippen LogP contribution < -0.4 is 20.1 Å². The molecule has 1 aromatic carbocycles. The summed E-state index contributed by atoms with van der Waals surface area (Å²) < 4.78 is 16.8. The van der Waals surface area contributed by atoms with E-state index < -0.39 is 0 Å². The van der Waals surface area contributed by atoms with Gasteiger partial charge in [-0.1, -0.05) is 12.8 Å². The molecule has 1 aromatic heterocycles. The predicted molar refractivity (Wildman–Crippen MR) is 95.6 cm³/mol. The molecule has 2 aliphatic rings. The zero-order valence-corrected chi connectivity index (χ0v) is 14.2. The van der Waals surface area contributed by atoms with Crippen molar-refractivity contribution < 1.29 is 13.9 Å². The molecule has 126 valence electrons. The predicted octanol–water partition coefficient (Wildman–Crippen LogP) is 3.81. The molecule has 0 atom stereocenters. The third-order valence-electron chi connectivity index (χ3n) is 4.60. The van der Waals surface area contributed by atoms with Crippen molar-refractivity contribution in [2.24, 2.45) is 0 Å². The van der Waals surface area contributed by atoms with Gasteiger partial charge >= 0.3 is 0 Å². The Hall–Kier alpha value is -2.21. The van der Waals surface area contributed by atoms with E-state index in [1.54, 1.807) is 6.26 Å². The van der Waals surface area contributed by atoms with E-state index >= 15 is 0 Å². The van der Waals surface area contributed by atoms with Crippen LogP contribution in [0.1, 0.15) is 31.4 Å². The minimum absolute atomic E-state index is 0.207. The van der Waals surface area contributed by atoms with Gasteiger partial charge in [0.2, 0.25) is 0 Å². The molecule has 0 saturated heterocycles. The van der Waals surface area contributed by atoms with Gasteiger partial charge in [-0.3, -0.25) is 0 Å². The second-order valence-corrected chi connectivity index (χ2v) is 6.61. The number of hydrogen-bond acceptors (Lipinski definition) is 4. The molecule has 1 fully saturated rings. The van der Waals surface area contributed by atoms with Crippen LogP contribution in [0.25, 0.3) is 0 Å². The van der Waals surface area contributed by atoms with E-state index in [0.29, 0.717) is 18.3 Å². The van der Waals surface area contributed by atoms with Gasteiger partial charge in [0.1, 0.15) is 19.0 Å². The number of furan rings is 1. The number of ether oxygens (including phenoxy) is 2. The number of nitrogens with one attached hydrogen (secondary N) is 2. The van der Waals surface area contributed by atoms with Crippen molar-refractivity contribution in [2.45, 2.75) is 31.2 Å². The smallest absolute Gasteiger partial charge is 0.171 e. The van der Waals surface area contributed by atoms with Gasteiger partial charge in [-0.05, 0) is 49.3 Å². The summed E-state index contributed by atoms with van der Waals surface area (Å²) in [4.78, 5) is 0. The van der Waals surface area contributed by atoms with E-state index in [4.69, 9.17) is 26.1 Å². The van der Waals surface area contributed by atoms with E-state index in [2.05, 4.69) is 10.6 Å². The zero-order chi connectivity index (χ0) is 16.4. The minimum Gasteiger partial charge on any atom is -0.486 e. The molecular formula is C18H20N2O3S. The highest BCUT2D eigenvalue weighted by molar-refractivity contribution is 7.80. The van der Waals surface area contributed by atoms with Crippen molar-refractivity contribution in [1.29, 1.82) is 0 Å². The lowest BCUT2D eigenvalue weighted by atomic mass is 9.94. The topological polar surface area (TPSA) is 55.7 Å². The molecule has 24 heavy (non-hydrogen) atoms. The van der Waals surface area contributed by atoms with E-state index in [0.717, 1.165) is 35.8 Å². The van der Waals surface area contributed by atoms with Gasteiger partial charge in [0.05, 0.1) is 11.8 Å². The summed E-state index contributed by atoms with van der Waals surface area (Å²) in [5.74, 6) is 2.47. The fourth-order valence-electron chi connectivity index (χ4n) is 3.46. The third-order valence-corrected chi connectivity index (χ3v) is 4.81. The minimum atomic E-state index is -0.207. The first-order valence-electron chi connectivity index (χ1n) is 8.28. The maximum Gasteiger partial charge on any atom is 0.171 e. The molecule has 0 spiro atoms. The monoisotopic (exact) mass is 344 g/mol. The van der Waals surface area contributed by atoms with Crippen LogP contribution in [0, 0.1) is 0 Å². The maximum absolute atomic E-state index is 5.66. The van der Waals surface area contributed by atoms with Crippen LogP contribution >= 0.6 is 12.2 Å². The fraction of sp³-hybridized carbons (Fsp3) is 0.389. The molecule has 2 N–H and O–H groups in total. The first kappa shape index (κ1) is 15.3. The van der Waals surface area contributed by atoms with Crippen LogP contribution in [0.5, 0.6) is 11.5 Å². The Morgan fingerprint density at radius 3 is 2.58 bits per heavy atom. The Kier molecular flexibility index (Phi) is 4.06. The Morgan fingerprint density at radius 1 is 1.04 bits per heavy atom. The van der Waals surface area contributed by atoms with Crippen molar-refractivity contribution in [3.8, 4) is 11.5 Å². The molecule has 0 radical (unpaired) electrons. The third kappa shape index (κ3) is 2.94. The summed E-state index contributed by atoms with van der Waals surface area (Å²) in [6, 6.07) is 9.70. The second kappa shape index (κ2) is 6.36. The largest absolute Gasteiger partial charge is 0.486 e. The number of rotatable bonds is 3. The summed E-state index contributed by atoms with van der Waals surface area (Å²) in [5.41, 5.74) is 0.672. The molecular weight excluding hydrogens is 324 g/mol. The lowest BCUT2D eigenvalue weighted by molar-refractivity contribution is 0.171. The van der Waals surface area contributed by atoms with Gasteiger partial charge in [0.15, 0.2) is 16.6 Å². The molecule has 1 aliphatic carbocycles. The van der Waals surface area contributed by atoms with Crippen LogP contribution in [0.4, 0.5) is 5.69 Å². The summed E-state index contributed by atoms with van der Waals surface area (Å²) >= 11 is 5.54. The molecule has 0 unspecified atom stereocenters. The molecule has 6 heteroatoms. The van der Waals surface area contributed by atoms with Gasteiger partial charge in [0.25, 0.3) is 0 Å². The maximum atomic E-state index is 5.66. The summed E-state index contributed by atoms with van der Waals surface area (Å²) in [7, 11) is 0. The lowest BCUT2D eigenvalue weighted by Gasteiger charge is -2.30. The average Bonchev–Trinajstić information content (AvgIpc) is 3.27. The van der Waals surface area contributed by atoms with Crippen molar-refractivity contribution in [3.63, 3.8) is 0 Å². The normalized spacial score (nSPS) is 18.2. The zero-order valence-electron chi connectivity index (χ0n) is 13.3. The van der Waals surface area contributed by atoms with E-state index in [1.165, 1.54) is 12.8 Å². The van der Waals surface area contributed by atoms with Crippen molar-refractivity contribution in [1.82, 2.24) is 5.32 Å². The Balaban J connectivity index is 1.48. The average molecular weight is 344 g/mol. The summed E-state index contributed by atoms with van der Waals surface area (Å²) in [5, 5.41) is 7.31. The van der Waals surface area contributed by atoms with Crippen molar-refractivity contribution >= 4 is 23.0 Å². The molecule has 0 bridgehead atoms. The number of fused-ring (bicyclic) bond motifs is 1. The highest BCUT2D eigenvalue weighted by atomic mass is 32.1. The molecule has 1 saturated carbocycles. The van der Waals surface area contributed by atoms with Gasteiger partial charge in [-0.15, -0.1) is 0 Å². The van der Waals surface area contributed by atoms with Gasteiger partial charge in [-0.2, -0.15) is 0 Å². The fourth-order valence-corrected chi connectivity index (χ4v) is 3.78. The number of thiocarbonyl (C=S) groups is 1. The van der Waals surface area contributed by atoms with E-state index in [9.17, 15) is 0 Å². The quantitative estimate of drug-likeness (QED) is 0.826. The lowest BCUT2D eigenvalue weighted by Crippen LogP contribution is -2.45. The van der Waals surface area contributed by atoms with E-state index in [-0.39, 0.29) is 5.54 Å². The first-order chi connectivity index (χ1) is 11.8. The standard InChI is InChI=1S/C18H20N2O3S/c24-17(19-13-5-6-14-15(12-13)22-11-10-21-14)20-18(7-1-2-8-18)16-4-3-9-23-16/h3-6,9,12H,1-2,7-8,10-11H2,(H2,19,20,24).